The van der Waals surface area contributed by atoms with Crippen LogP contribution < -0.4 is 14.3 Å². The second kappa shape index (κ2) is 18.8. The molecule has 0 saturated carbocycles. The van der Waals surface area contributed by atoms with Gasteiger partial charge in [0.15, 0.2) is 25.5 Å². The summed E-state index contributed by atoms with van der Waals surface area (Å²) < 4.78 is 109. The Balaban J connectivity index is 0.000000221. The van der Waals surface area contributed by atoms with E-state index in [4.69, 9.17) is 5.73 Å². The minimum absolute atomic E-state index is 0.0628. The van der Waals surface area contributed by atoms with E-state index in [-0.39, 0.29) is 80.2 Å². The van der Waals surface area contributed by atoms with Crippen LogP contribution >= 0.6 is 0 Å². The largest absolute Gasteiger partial charge is 0.465 e. The first-order valence-corrected chi connectivity index (χ1v) is 24.2. The number of carbonyl (C=O) groups is 2. The van der Waals surface area contributed by atoms with Crippen molar-refractivity contribution in [3.63, 3.8) is 0 Å². The zero-order valence-corrected chi connectivity index (χ0v) is 34.7. The molecule has 6 rings (SSSR count). The molecule has 0 bridgehead atoms. The standard InChI is InChI=1S/C18H22N4O5S2.C18H21N3O6S2/c19-12-18(23)15-6-7-16(20-13-15)14-22(17-4-2-1-3-5-17)29(26,27)21-8-10-28(24,25)11-9-21;1-27-18(22)15-7-8-16(19-13-15)14-21(17-5-3-2-4-6-17)29(25,26)20-9-11-28(23,24)12-10-20/h1-7,13H,8-12,14,19H2;2-8,13H,9-12,14H2,1H3. The molecule has 4 heterocycles. The van der Waals surface area contributed by atoms with Gasteiger partial charge < -0.3 is 10.5 Å². The van der Waals surface area contributed by atoms with Crippen LogP contribution in [0, 0.1) is 0 Å². The number of ether oxygens (including phenoxy) is 1. The molecule has 0 aliphatic carbocycles. The number of esters is 1. The first kappa shape index (κ1) is 44.3. The first-order valence-electron chi connectivity index (χ1n) is 17.7. The number of ketones is 1. The zero-order chi connectivity index (χ0) is 42.1. The SMILES string of the molecule is COC(=O)c1ccc(CN(c2ccccc2)S(=O)(=O)N2CCS(=O)(=O)CC2)nc1.NCC(=O)c1ccc(CN(c2ccccc2)S(=O)(=O)N2CCS(=O)(=O)CC2)nc1. The Morgan fingerprint density at radius 1 is 0.638 bits per heavy atom. The van der Waals surface area contributed by atoms with E-state index in [1.54, 1.807) is 78.9 Å². The number of nitrogens with zero attached hydrogens (tertiary/aromatic N) is 6. The Hall–Kier alpha value is -4.84. The van der Waals surface area contributed by atoms with Gasteiger partial charge in [-0.3, -0.25) is 23.4 Å². The lowest BCUT2D eigenvalue weighted by Crippen LogP contribution is -2.50. The number of benzene rings is 2. The van der Waals surface area contributed by atoms with Gasteiger partial charge in [-0.1, -0.05) is 36.4 Å². The summed E-state index contributed by atoms with van der Waals surface area (Å²) in [4.78, 5) is 31.6. The maximum atomic E-state index is 13.3. The van der Waals surface area contributed by atoms with Gasteiger partial charge in [0.2, 0.25) is 0 Å². The highest BCUT2D eigenvalue weighted by Crippen LogP contribution is 2.26. The molecule has 312 valence electrons. The Bertz CT molecular complexity index is 2290. The highest BCUT2D eigenvalue weighted by atomic mass is 32.2. The van der Waals surface area contributed by atoms with Crippen LogP contribution in [0.25, 0.3) is 0 Å². The number of hydrogen-bond acceptors (Lipinski definition) is 14. The smallest absolute Gasteiger partial charge is 0.339 e. The van der Waals surface area contributed by atoms with Gasteiger partial charge >= 0.3 is 26.4 Å². The third kappa shape index (κ3) is 11.2. The van der Waals surface area contributed by atoms with E-state index in [1.807, 2.05) is 0 Å². The van der Waals surface area contributed by atoms with Gasteiger partial charge in [0.05, 0.1) is 78.1 Å². The first-order chi connectivity index (χ1) is 27.5. The van der Waals surface area contributed by atoms with Crippen molar-refractivity contribution in [2.45, 2.75) is 13.1 Å². The van der Waals surface area contributed by atoms with Crippen molar-refractivity contribution in [3.05, 3.63) is 120 Å². The lowest BCUT2D eigenvalue weighted by atomic mass is 10.2. The molecule has 58 heavy (non-hydrogen) atoms. The van der Waals surface area contributed by atoms with Crippen LogP contribution in [0.1, 0.15) is 32.1 Å². The van der Waals surface area contributed by atoms with Crippen LogP contribution in [-0.2, 0) is 57.9 Å². The number of nitrogens with two attached hydrogens (primary N) is 1. The van der Waals surface area contributed by atoms with Crippen molar-refractivity contribution >= 4 is 63.2 Å². The summed E-state index contributed by atoms with van der Waals surface area (Å²) in [7, 11) is -13.1. The van der Waals surface area contributed by atoms with E-state index in [2.05, 4.69) is 14.7 Å². The minimum atomic E-state index is -3.99. The fourth-order valence-corrected chi connectivity index (χ4v) is 11.9. The van der Waals surface area contributed by atoms with Crippen LogP contribution in [0.5, 0.6) is 0 Å². The number of pyridine rings is 2. The van der Waals surface area contributed by atoms with Crippen LogP contribution in [0.2, 0.25) is 0 Å². The van der Waals surface area contributed by atoms with Crippen molar-refractivity contribution in [3.8, 4) is 0 Å². The number of hydrogen-bond donors (Lipinski definition) is 1. The summed E-state index contributed by atoms with van der Waals surface area (Å²) in [5.41, 5.74) is 7.69. The highest BCUT2D eigenvalue weighted by Gasteiger charge is 2.36. The molecular formula is C36H43N7O11S4. The van der Waals surface area contributed by atoms with Crippen molar-refractivity contribution in [2.24, 2.45) is 5.73 Å². The molecule has 18 nitrogen and oxygen atoms in total. The molecule has 2 aromatic carbocycles. The van der Waals surface area contributed by atoms with E-state index in [0.29, 0.717) is 28.3 Å². The Morgan fingerprint density at radius 2 is 1.02 bits per heavy atom. The van der Waals surface area contributed by atoms with Gasteiger partial charge in [-0.15, -0.1) is 0 Å². The summed E-state index contributed by atoms with van der Waals surface area (Å²) in [5, 5.41) is 0. The fraction of sp³-hybridized carbons (Fsp3) is 0.333. The van der Waals surface area contributed by atoms with Crippen LogP contribution in [0.15, 0.2) is 97.3 Å². The summed E-state index contributed by atoms with van der Waals surface area (Å²) in [6.45, 7) is -0.644. The third-order valence-corrected chi connectivity index (χ3v) is 16.1. The van der Waals surface area contributed by atoms with E-state index >= 15 is 0 Å². The number of Topliss-reactive ketones (excluding diaryl/α,β-unsaturated/α-hetero) is 1. The number of methoxy groups -OCH3 is 1. The van der Waals surface area contributed by atoms with Gasteiger partial charge in [-0.25, -0.2) is 21.6 Å². The summed E-state index contributed by atoms with van der Waals surface area (Å²) >= 11 is 0. The van der Waals surface area contributed by atoms with Crippen LogP contribution in [0.3, 0.4) is 0 Å². The molecule has 0 unspecified atom stereocenters. The second-order valence-corrected chi connectivity index (χ2v) is 21.3. The summed E-state index contributed by atoms with van der Waals surface area (Å²) in [5.74, 6) is -1.62. The number of aromatic nitrogens is 2. The number of anilines is 2. The average molecular weight is 878 g/mol. The molecule has 22 heteroatoms. The fourth-order valence-electron chi connectivity index (χ4n) is 5.78. The van der Waals surface area contributed by atoms with Crippen LogP contribution in [-0.4, -0.2) is 127 Å². The van der Waals surface area contributed by atoms with Crippen molar-refractivity contribution in [1.82, 2.24) is 18.6 Å². The molecular weight excluding hydrogens is 835 g/mol. The predicted octanol–water partition coefficient (Wildman–Crippen LogP) is 1.05. The molecule has 2 saturated heterocycles. The van der Waals surface area contributed by atoms with E-state index in [0.717, 1.165) is 0 Å². The maximum Gasteiger partial charge on any atom is 0.339 e. The predicted molar refractivity (Wildman–Crippen MR) is 217 cm³/mol. The summed E-state index contributed by atoms with van der Waals surface area (Å²) in [6, 6.07) is 23.2. The number of rotatable bonds is 13. The molecule has 2 aliphatic rings. The molecule has 4 aromatic rings. The molecule has 2 fully saturated rings. The molecule has 2 N–H and O–H groups in total. The average Bonchev–Trinajstić information content (AvgIpc) is 3.22. The van der Waals surface area contributed by atoms with Gasteiger partial charge in [-0.05, 0) is 48.5 Å². The molecule has 0 atom stereocenters. The van der Waals surface area contributed by atoms with Crippen molar-refractivity contribution in [1.29, 1.82) is 0 Å². The molecule has 2 aromatic heterocycles. The van der Waals surface area contributed by atoms with Crippen LogP contribution in [0.4, 0.5) is 11.4 Å². The zero-order valence-electron chi connectivity index (χ0n) is 31.4. The lowest BCUT2D eigenvalue weighted by Gasteiger charge is -2.33. The second-order valence-electron chi connectivity index (χ2n) is 13.0. The number of sulfone groups is 2. The molecule has 0 radical (unpaired) electrons. The minimum Gasteiger partial charge on any atom is -0.465 e. The summed E-state index contributed by atoms with van der Waals surface area (Å²) in [6.07, 6.45) is 2.69. The van der Waals surface area contributed by atoms with Gasteiger partial charge in [0, 0.05) is 44.1 Å². The third-order valence-electron chi connectivity index (χ3n) is 9.09. The van der Waals surface area contributed by atoms with E-state index < -0.39 is 46.1 Å². The number of para-hydroxylation sites is 2. The maximum absolute atomic E-state index is 13.3. The quantitative estimate of drug-likeness (QED) is 0.146. The molecule has 2 aliphatic heterocycles. The molecule has 0 amide bonds. The van der Waals surface area contributed by atoms with Gasteiger partial charge in [0.1, 0.15) is 0 Å². The number of carbonyl (C=O) groups excluding carboxylic acids is 2. The Labute approximate surface area is 338 Å². The topological polar surface area (TPSA) is 245 Å². The lowest BCUT2D eigenvalue weighted by molar-refractivity contribution is 0.0600. The highest BCUT2D eigenvalue weighted by molar-refractivity contribution is 7.93. The van der Waals surface area contributed by atoms with Gasteiger partial charge in [0.25, 0.3) is 0 Å². The van der Waals surface area contributed by atoms with Crippen molar-refractivity contribution < 1.29 is 48.0 Å². The van der Waals surface area contributed by atoms with Gasteiger partial charge in [-0.2, -0.15) is 25.4 Å². The molecule has 0 spiro atoms. The normalized spacial score (nSPS) is 16.9. The monoisotopic (exact) mass is 877 g/mol. The van der Waals surface area contributed by atoms with E-state index in [1.165, 1.54) is 42.8 Å². The Morgan fingerprint density at radius 3 is 1.34 bits per heavy atom. The van der Waals surface area contributed by atoms with Crippen molar-refractivity contribution in [2.75, 3.05) is 71.5 Å². The van der Waals surface area contributed by atoms with E-state index in [9.17, 15) is 43.3 Å². The Kier molecular flexibility index (Phi) is 14.4.